The molecule has 0 aliphatic carbocycles. The Bertz CT molecular complexity index is 550. The van der Waals surface area contributed by atoms with Crippen molar-refractivity contribution < 1.29 is 4.74 Å². The van der Waals surface area contributed by atoms with Crippen LogP contribution >= 0.6 is 0 Å². The third kappa shape index (κ3) is 2.58. The van der Waals surface area contributed by atoms with Gasteiger partial charge < -0.3 is 9.64 Å². The quantitative estimate of drug-likeness (QED) is 0.811. The maximum absolute atomic E-state index is 5.52. The molecule has 0 spiro atoms. The van der Waals surface area contributed by atoms with Gasteiger partial charge in [0.15, 0.2) is 11.6 Å². The van der Waals surface area contributed by atoms with E-state index in [1.54, 1.807) is 4.68 Å². The normalized spacial score (nSPS) is 19.7. The highest BCUT2D eigenvalue weighted by Crippen LogP contribution is 2.15. The monoisotopic (exact) mass is 259 g/mol. The zero-order valence-electron chi connectivity index (χ0n) is 11.2. The molecule has 0 aromatic carbocycles. The summed E-state index contributed by atoms with van der Waals surface area (Å²) in [5.74, 6) is 1.63. The molecular formula is C13H17N5O. The highest BCUT2D eigenvalue weighted by molar-refractivity contribution is 5.40. The van der Waals surface area contributed by atoms with Gasteiger partial charge in [-0.1, -0.05) is 0 Å². The lowest BCUT2D eigenvalue weighted by atomic mass is 10.3. The van der Waals surface area contributed by atoms with E-state index in [0.717, 1.165) is 37.0 Å². The predicted octanol–water partition coefficient (Wildman–Crippen LogP) is 1.20. The number of morpholine rings is 1. The van der Waals surface area contributed by atoms with Crippen LogP contribution in [-0.2, 0) is 4.74 Å². The van der Waals surface area contributed by atoms with E-state index < -0.39 is 0 Å². The van der Waals surface area contributed by atoms with E-state index in [2.05, 4.69) is 27.1 Å². The molecule has 1 aliphatic heterocycles. The molecule has 6 heteroatoms. The molecule has 0 N–H and O–H groups in total. The molecule has 2 aromatic rings. The predicted molar refractivity (Wildman–Crippen MR) is 71.5 cm³/mol. The summed E-state index contributed by atoms with van der Waals surface area (Å²) in [6.45, 7) is 6.48. The van der Waals surface area contributed by atoms with Crippen LogP contribution in [0.3, 0.4) is 0 Å². The second kappa shape index (κ2) is 4.97. The minimum absolute atomic E-state index is 0.240. The lowest BCUT2D eigenvalue weighted by Gasteiger charge is -2.31. The molecule has 6 nitrogen and oxygen atoms in total. The van der Waals surface area contributed by atoms with Crippen LogP contribution in [0.5, 0.6) is 0 Å². The summed E-state index contributed by atoms with van der Waals surface area (Å²) in [7, 11) is 0. The molecule has 100 valence electrons. The summed E-state index contributed by atoms with van der Waals surface area (Å²) in [5.41, 5.74) is 0.966. The van der Waals surface area contributed by atoms with Gasteiger partial charge in [0.25, 0.3) is 0 Å². The second-order valence-corrected chi connectivity index (χ2v) is 4.78. The van der Waals surface area contributed by atoms with Crippen molar-refractivity contribution in [3.63, 3.8) is 0 Å². The lowest BCUT2D eigenvalue weighted by molar-refractivity contribution is 0.0529. The number of anilines is 1. The molecule has 1 atom stereocenters. The lowest BCUT2D eigenvalue weighted by Crippen LogP contribution is -2.41. The minimum atomic E-state index is 0.240. The molecule has 1 unspecified atom stereocenters. The Morgan fingerprint density at radius 1 is 1.21 bits per heavy atom. The van der Waals surface area contributed by atoms with Crippen molar-refractivity contribution in [2.45, 2.75) is 20.0 Å². The van der Waals surface area contributed by atoms with Gasteiger partial charge in [-0.05, 0) is 32.0 Å². The smallest absolute Gasteiger partial charge is 0.175 e. The second-order valence-electron chi connectivity index (χ2n) is 4.78. The van der Waals surface area contributed by atoms with E-state index in [4.69, 9.17) is 4.74 Å². The number of rotatable bonds is 2. The Balaban J connectivity index is 1.78. The van der Waals surface area contributed by atoms with Crippen LogP contribution in [0.15, 0.2) is 24.4 Å². The standard InChI is InChI=1S/C13H17N5O/c1-10-5-6-18(16-10)13-4-3-12(14-15-13)17-7-8-19-11(2)9-17/h3-6,11H,7-9H2,1-2H3. The summed E-state index contributed by atoms with van der Waals surface area (Å²) in [4.78, 5) is 2.19. The van der Waals surface area contributed by atoms with E-state index in [1.807, 2.05) is 31.3 Å². The van der Waals surface area contributed by atoms with E-state index in [9.17, 15) is 0 Å². The Kier molecular flexibility index (Phi) is 3.16. The van der Waals surface area contributed by atoms with Gasteiger partial charge >= 0.3 is 0 Å². The largest absolute Gasteiger partial charge is 0.375 e. The van der Waals surface area contributed by atoms with E-state index >= 15 is 0 Å². The highest BCUT2D eigenvalue weighted by Gasteiger charge is 2.18. The fourth-order valence-electron chi connectivity index (χ4n) is 2.18. The van der Waals surface area contributed by atoms with Crippen LogP contribution in [-0.4, -0.2) is 45.8 Å². The summed E-state index contributed by atoms with van der Waals surface area (Å²) in [6, 6.07) is 5.87. The first-order valence-electron chi connectivity index (χ1n) is 6.45. The zero-order valence-corrected chi connectivity index (χ0v) is 11.2. The molecule has 19 heavy (non-hydrogen) atoms. The summed E-state index contributed by atoms with van der Waals surface area (Å²) >= 11 is 0. The Labute approximate surface area is 112 Å². The minimum Gasteiger partial charge on any atom is -0.375 e. The van der Waals surface area contributed by atoms with Crippen LogP contribution in [0, 0.1) is 6.92 Å². The molecule has 0 saturated carbocycles. The van der Waals surface area contributed by atoms with Crippen molar-refractivity contribution in [2.24, 2.45) is 0 Å². The molecule has 3 heterocycles. The molecule has 3 rings (SSSR count). The van der Waals surface area contributed by atoms with E-state index in [-0.39, 0.29) is 6.10 Å². The molecule has 1 fully saturated rings. The van der Waals surface area contributed by atoms with Crippen LogP contribution in [0.1, 0.15) is 12.6 Å². The summed E-state index contributed by atoms with van der Waals surface area (Å²) in [5, 5.41) is 12.8. The van der Waals surface area contributed by atoms with Gasteiger partial charge in [-0.2, -0.15) is 5.10 Å². The van der Waals surface area contributed by atoms with Crippen molar-refractivity contribution >= 4 is 5.82 Å². The maximum atomic E-state index is 5.52. The van der Waals surface area contributed by atoms with Crippen molar-refractivity contribution in [3.8, 4) is 5.82 Å². The Hall–Kier alpha value is -1.95. The highest BCUT2D eigenvalue weighted by atomic mass is 16.5. The Morgan fingerprint density at radius 3 is 2.63 bits per heavy atom. The zero-order chi connectivity index (χ0) is 13.2. The first-order chi connectivity index (χ1) is 9.22. The van der Waals surface area contributed by atoms with Gasteiger partial charge in [-0.15, -0.1) is 10.2 Å². The fraction of sp³-hybridized carbons (Fsp3) is 0.462. The first-order valence-corrected chi connectivity index (χ1v) is 6.45. The van der Waals surface area contributed by atoms with E-state index in [1.165, 1.54) is 0 Å². The van der Waals surface area contributed by atoms with Gasteiger partial charge in [0.05, 0.1) is 18.4 Å². The molecule has 1 saturated heterocycles. The third-order valence-electron chi connectivity index (χ3n) is 3.16. The maximum Gasteiger partial charge on any atom is 0.175 e. The number of aryl methyl sites for hydroxylation is 1. The van der Waals surface area contributed by atoms with E-state index in [0.29, 0.717) is 0 Å². The first kappa shape index (κ1) is 12.1. The SMILES string of the molecule is Cc1ccn(-c2ccc(N3CCOC(C)C3)nn2)n1. The van der Waals surface area contributed by atoms with Gasteiger partial charge in [-0.3, -0.25) is 0 Å². The molecule has 0 bridgehead atoms. The Morgan fingerprint density at radius 2 is 2.00 bits per heavy atom. The van der Waals surface area contributed by atoms with Crippen molar-refractivity contribution in [2.75, 3.05) is 24.6 Å². The van der Waals surface area contributed by atoms with Crippen molar-refractivity contribution in [1.29, 1.82) is 0 Å². The van der Waals surface area contributed by atoms with Gasteiger partial charge in [0.2, 0.25) is 0 Å². The number of aromatic nitrogens is 4. The average Bonchev–Trinajstić information content (AvgIpc) is 2.86. The molecule has 0 amide bonds. The van der Waals surface area contributed by atoms with Crippen LogP contribution < -0.4 is 4.90 Å². The molecule has 0 radical (unpaired) electrons. The van der Waals surface area contributed by atoms with Gasteiger partial charge in [-0.25, -0.2) is 4.68 Å². The number of hydrogen-bond donors (Lipinski definition) is 0. The number of nitrogens with zero attached hydrogens (tertiary/aromatic N) is 5. The summed E-state index contributed by atoms with van der Waals surface area (Å²) in [6.07, 6.45) is 2.12. The fourth-order valence-corrected chi connectivity index (χ4v) is 2.18. The van der Waals surface area contributed by atoms with Crippen LogP contribution in [0.4, 0.5) is 5.82 Å². The average molecular weight is 259 g/mol. The molecule has 1 aliphatic rings. The number of hydrogen-bond acceptors (Lipinski definition) is 5. The van der Waals surface area contributed by atoms with Crippen molar-refractivity contribution in [3.05, 3.63) is 30.1 Å². The molecular weight excluding hydrogens is 242 g/mol. The van der Waals surface area contributed by atoms with Gasteiger partial charge in [0, 0.05) is 19.3 Å². The summed E-state index contributed by atoms with van der Waals surface area (Å²) < 4.78 is 7.25. The van der Waals surface area contributed by atoms with Gasteiger partial charge in [0.1, 0.15) is 0 Å². The third-order valence-corrected chi connectivity index (χ3v) is 3.16. The topological polar surface area (TPSA) is 56.1 Å². The number of ether oxygens (including phenoxy) is 1. The van der Waals surface area contributed by atoms with Crippen molar-refractivity contribution in [1.82, 2.24) is 20.0 Å². The van der Waals surface area contributed by atoms with Crippen LogP contribution in [0.2, 0.25) is 0 Å². The molecule has 2 aromatic heterocycles. The van der Waals surface area contributed by atoms with Crippen LogP contribution in [0.25, 0.3) is 5.82 Å².